The third kappa shape index (κ3) is 2.89. The lowest BCUT2D eigenvalue weighted by atomic mass is 10.1. The van der Waals surface area contributed by atoms with Crippen molar-refractivity contribution in [2.75, 3.05) is 14.2 Å². The van der Waals surface area contributed by atoms with Gasteiger partial charge in [0, 0.05) is 11.1 Å². The molecule has 118 valence electrons. The van der Waals surface area contributed by atoms with Crippen LogP contribution in [0.5, 0.6) is 11.5 Å². The number of nitrogens with one attached hydrogen (secondary N) is 1. The first kappa shape index (κ1) is 15.1. The number of aliphatic hydroxyl groups excluding tert-OH is 1. The Morgan fingerprint density at radius 1 is 1.04 bits per heavy atom. The molecule has 0 fully saturated rings. The summed E-state index contributed by atoms with van der Waals surface area (Å²) in [4.78, 5) is 4.52. The minimum absolute atomic E-state index is 0.0530. The molecule has 0 aliphatic carbocycles. The fourth-order valence-corrected chi connectivity index (χ4v) is 2.38. The zero-order valence-electron chi connectivity index (χ0n) is 12.9. The molecule has 0 aliphatic rings. The standard InChI is InChI=1S/C17H17N3O3/c1-22-14-8-7-11(9-15(14)23-2)16-18-17(20-19-16)13-6-4-3-5-12(13)10-21/h3-9,21H,10H2,1-2H3,(H,18,19,20). The Balaban J connectivity index is 1.99. The SMILES string of the molecule is COc1ccc(-c2n[nH]c(-c3ccccc3CO)n2)cc1OC. The van der Waals surface area contributed by atoms with Gasteiger partial charge in [0.15, 0.2) is 23.1 Å². The topological polar surface area (TPSA) is 80.3 Å². The maximum Gasteiger partial charge on any atom is 0.181 e. The van der Waals surface area contributed by atoms with Gasteiger partial charge in [-0.3, -0.25) is 5.10 Å². The summed E-state index contributed by atoms with van der Waals surface area (Å²) in [7, 11) is 3.18. The lowest BCUT2D eigenvalue weighted by molar-refractivity contribution is 0.282. The summed E-state index contributed by atoms with van der Waals surface area (Å²) in [6, 6.07) is 13.0. The minimum Gasteiger partial charge on any atom is -0.493 e. The van der Waals surface area contributed by atoms with Crippen LogP contribution in [0.3, 0.4) is 0 Å². The third-order valence-electron chi connectivity index (χ3n) is 3.57. The fourth-order valence-electron chi connectivity index (χ4n) is 2.38. The number of benzene rings is 2. The van der Waals surface area contributed by atoms with Crippen molar-refractivity contribution < 1.29 is 14.6 Å². The highest BCUT2D eigenvalue weighted by Crippen LogP contribution is 2.31. The zero-order valence-corrected chi connectivity index (χ0v) is 12.9. The molecule has 0 atom stereocenters. The number of aliphatic hydroxyl groups is 1. The number of ether oxygens (including phenoxy) is 2. The van der Waals surface area contributed by atoms with Gasteiger partial charge in [-0.15, -0.1) is 0 Å². The van der Waals surface area contributed by atoms with Crippen LogP contribution in [0.15, 0.2) is 42.5 Å². The van der Waals surface area contributed by atoms with Gasteiger partial charge in [0.2, 0.25) is 0 Å². The Labute approximate surface area is 133 Å². The number of methoxy groups -OCH3 is 2. The molecule has 0 saturated carbocycles. The van der Waals surface area contributed by atoms with Gasteiger partial charge in [0.25, 0.3) is 0 Å². The highest BCUT2D eigenvalue weighted by molar-refractivity contribution is 5.65. The Hall–Kier alpha value is -2.86. The number of hydrogen-bond acceptors (Lipinski definition) is 5. The maximum absolute atomic E-state index is 9.44. The second-order valence-corrected chi connectivity index (χ2v) is 4.89. The quantitative estimate of drug-likeness (QED) is 0.757. The van der Waals surface area contributed by atoms with E-state index in [1.807, 2.05) is 42.5 Å². The number of aromatic amines is 1. The fraction of sp³-hybridized carbons (Fsp3) is 0.176. The molecule has 6 heteroatoms. The molecule has 0 saturated heterocycles. The van der Waals surface area contributed by atoms with Gasteiger partial charge in [0.1, 0.15) is 0 Å². The summed E-state index contributed by atoms with van der Waals surface area (Å²) in [6.07, 6.45) is 0. The van der Waals surface area contributed by atoms with Crippen molar-refractivity contribution in [1.29, 1.82) is 0 Å². The van der Waals surface area contributed by atoms with E-state index in [9.17, 15) is 5.11 Å². The number of hydrogen-bond donors (Lipinski definition) is 2. The molecule has 0 unspecified atom stereocenters. The van der Waals surface area contributed by atoms with Crippen molar-refractivity contribution in [3.05, 3.63) is 48.0 Å². The molecular formula is C17H17N3O3. The van der Waals surface area contributed by atoms with Crippen molar-refractivity contribution in [3.63, 3.8) is 0 Å². The van der Waals surface area contributed by atoms with Gasteiger partial charge < -0.3 is 14.6 Å². The molecule has 0 spiro atoms. The van der Waals surface area contributed by atoms with Crippen molar-refractivity contribution in [1.82, 2.24) is 15.2 Å². The molecule has 1 heterocycles. The smallest absolute Gasteiger partial charge is 0.181 e. The molecular weight excluding hydrogens is 294 g/mol. The van der Waals surface area contributed by atoms with Crippen molar-refractivity contribution in [2.45, 2.75) is 6.61 Å². The van der Waals surface area contributed by atoms with E-state index in [0.717, 1.165) is 16.7 Å². The van der Waals surface area contributed by atoms with E-state index in [1.165, 1.54) is 0 Å². The Morgan fingerprint density at radius 3 is 2.57 bits per heavy atom. The molecule has 23 heavy (non-hydrogen) atoms. The van der Waals surface area contributed by atoms with Crippen LogP contribution in [0, 0.1) is 0 Å². The van der Waals surface area contributed by atoms with E-state index >= 15 is 0 Å². The average Bonchev–Trinajstić information content (AvgIpc) is 3.11. The largest absolute Gasteiger partial charge is 0.493 e. The Morgan fingerprint density at radius 2 is 1.83 bits per heavy atom. The Bertz CT molecular complexity index is 814. The lowest BCUT2D eigenvalue weighted by Gasteiger charge is -2.07. The van der Waals surface area contributed by atoms with Gasteiger partial charge >= 0.3 is 0 Å². The summed E-state index contributed by atoms with van der Waals surface area (Å²) in [5, 5.41) is 16.6. The molecule has 1 aromatic heterocycles. The second-order valence-electron chi connectivity index (χ2n) is 4.89. The average molecular weight is 311 g/mol. The van der Waals surface area contributed by atoms with Crippen LogP contribution in [0.2, 0.25) is 0 Å². The molecule has 2 N–H and O–H groups in total. The summed E-state index contributed by atoms with van der Waals surface area (Å²) >= 11 is 0. The highest BCUT2D eigenvalue weighted by Gasteiger charge is 2.13. The Kier molecular flexibility index (Phi) is 4.25. The van der Waals surface area contributed by atoms with E-state index in [1.54, 1.807) is 14.2 Å². The molecule has 2 aromatic carbocycles. The summed E-state index contributed by atoms with van der Waals surface area (Å²) in [6.45, 7) is -0.0530. The van der Waals surface area contributed by atoms with Crippen LogP contribution in [0.25, 0.3) is 22.8 Å². The number of aromatic nitrogens is 3. The first-order chi connectivity index (χ1) is 11.3. The molecule has 3 rings (SSSR count). The van der Waals surface area contributed by atoms with Crippen LogP contribution in [-0.2, 0) is 6.61 Å². The van der Waals surface area contributed by atoms with Crippen molar-refractivity contribution >= 4 is 0 Å². The van der Waals surface area contributed by atoms with Crippen molar-refractivity contribution in [3.8, 4) is 34.3 Å². The van der Waals surface area contributed by atoms with Crippen LogP contribution < -0.4 is 9.47 Å². The van der Waals surface area contributed by atoms with Gasteiger partial charge in [-0.1, -0.05) is 24.3 Å². The first-order valence-corrected chi connectivity index (χ1v) is 7.10. The van der Waals surface area contributed by atoms with E-state index in [-0.39, 0.29) is 6.61 Å². The second kappa shape index (κ2) is 6.50. The molecule has 3 aromatic rings. The van der Waals surface area contributed by atoms with Crippen LogP contribution in [-0.4, -0.2) is 34.5 Å². The molecule has 0 aliphatic heterocycles. The summed E-state index contributed by atoms with van der Waals surface area (Å²) in [5.41, 5.74) is 2.43. The van der Waals surface area contributed by atoms with E-state index in [2.05, 4.69) is 15.2 Å². The van der Waals surface area contributed by atoms with Gasteiger partial charge in [-0.2, -0.15) is 5.10 Å². The van der Waals surface area contributed by atoms with E-state index in [4.69, 9.17) is 9.47 Å². The number of nitrogens with zero attached hydrogens (tertiary/aromatic N) is 2. The van der Waals surface area contributed by atoms with Gasteiger partial charge in [-0.05, 0) is 23.8 Å². The lowest BCUT2D eigenvalue weighted by Crippen LogP contribution is -1.92. The molecule has 0 bridgehead atoms. The summed E-state index contributed by atoms with van der Waals surface area (Å²) < 4.78 is 10.5. The highest BCUT2D eigenvalue weighted by atomic mass is 16.5. The van der Waals surface area contributed by atoms with E-state index < -0.39 is 0 Å². The zero-order chi connectivity index (χ0) is 16.2. The van der Waals surface area contributed by atoms with Crippen LogP contribution in [0.1, 0.15) is 5.56 Å². The maximum atomic E-state index is 9.44. The van der Waals surface area contributed by atoms with Gasteiger partial charge in [0.05, 0.1) is 20.8 Å². The predicted octanol–water partition coefficient (Wildman–Crippen LogP) is 2.65. The predicted molar refractivity (Wildman–Crippen MR) is 86.3 cm³/mol. The van der Waals surface area contributed by atoms with Gasteiger partial charge in [-0.25, -0.2) is 4.98 Å². The monoisotopic (exact) mass is 311 g/mol. The molecule has 0 radical (unpaired) electrons. The third-order valence-corrected chi connectivity index (χ3v) is 3.57. The summed E-state index contributed by atoms with van der Waals surface area (Å²) in [5.74, 6) is 2.43. The number of H-pyrrole nitrogens is 1. The first-order valence-electron chi connectivity index (χ1n) is 7.10. The molecule has 0 amide bonds. The molecule has 6 nitrogen and oxygen atoms in total. The normalized spacial score (nSPS) is 10.6. The van der Waals surface area contributed by atoms with Crippen LogP contribution >= 0.6 is 0 Å². The number of rotatable bonds is 5. The van der Waals surface area contributed by atoms with Crippen molar-refractivity contribution in [2.24, 2.45) is 0 Å². The van der Waals surface area contributed by atoms with E-state index in [0.29, 0.717) is 23.1 Å². The minimum atomic E-state index is -0.0530. The van der Waals surface area contributed by atoms with Crippen LogP contribution in [0.4, 0.5) is 0 Å².